The van der Waals surface area contributed by atoms with Crippen molar-refractivity contribution in [2.24, 2.45) is 0 Å². The van der Waals surface area contributed by atoms with Crippen molar-refractivity contribution in [1.82, 2.24) is 9.97 Å². The Hall–Kier alpha value is -2.30. The van der Waals surface area contributed by atoms with Crippen LogP contribution in [0.4, 0.5) is 5.82 Å². The molecule has 1 heterocycles. The number of anilines is 1. The predicted molar refractivity (Wildman–Crippen MR) is 73.8 cm³/mol. The fraction of sp³-hybridized carbons (Fsp3) is 0.286. The van der Waals surface area contributed by atoms with Crippen LogP contribution >= 0.6 is 0 Å². The molecule has 0 bridgehead atoms. The summed E-state index contributed by atoms with van der Waals surface area (Å²) in [6.45, 7) is 0.798. The molecule has 0 saturated carbocycles. The second-order valence-electron chi connectivity index (χ2n) is 3.95. The van der Waals surface area contributed by atoms with E-state index in [4.69, 9.17) is 9.47 Å². The number of rotatable bonds is 6. The van der Waals surface area contributed by atoms with Gasteiger partial charge in [0, 0.05) is 12.7 Å². The lowest BCUT2D eigenvalue weighted by molar-refractivity contribution is 0.380. The number of hydrogen-bond acceptors (Lipinski definition) is 5. The van der Waals surface area contributed by atoms with E-state index >= 15 is 0 Å². The van der Waals surface area contributed by atoms with E-state index in [0.29, 0.717) is 6.01 Å². The van der Waals surface area contributed by atoms with Gasteiger partial charge in [0.05, 0.1) is 14.2 Å². The zero-order valence-electron chi connectivity index (χ0n) is 11.1. The summed E-state index contributed by atoms with van der Waals surface area (Å²) in [7, 11) is 3.22. The van der Waals surface area contributed by atoms with Gasteiger partial charge in [-0.2, -0.15) is 4.98 Å². The van der Waals surface area contributed by atoms with Crippen molar-refractivity contribution in [2.45, 2.75) is 6.42 Å². The Morgan fingerprint density at radius 2 is 1.84 bits per heavy atom. The Morgan fingerprint density at radius 1 is 1.05 bits per heavy atom. The molecule has 100 valence electrons. The lowest BCUT2D eigenvalue weighted by Crippen LogP contribution is -2.07. The Balaban J connectivity index is 1.85. The number of nitrogens with zero attached hydrogens (tertiary/aromatic N) is 2. The number of benzene rings is 1. The van der Waals surface area contributed by atoms with Gasteiger partial charge in [-0.1, -0.05) is 12.1 Å². The summed E-state index contributed by atoms with van der Waals surface area (Å²) in [6, 6.07) is 10.2. The summed E-state index contributed by atoms with van der Waals surface area (Å²) in [5, 5.41) is 3.23. The van der Waals surface area contributed by atoms with E-state index in [1.54, 1.807) is 20.4 Å². The van der Waals surface area contributed by atoms with E-state index in [0.717, 1.165) is 24.5 Å². The molecular weight excluding hydrogens is 242 g/mol. The number of methoxy groups -OCH3 is 2. The highest BCUT2D eigenvalue weighted by atomic mass is 16.5. The smallest absolute Gasteiger partial charge is 0.318 e. The first kappa shape index (κ1) is 13.1. The van der Waals surface area contributed by atoms with Gasteiger partial charge in [-0.15, -0.1) is 0 Å². The van der Waals surface area contributed by atoms with Crippen molar-refractivity contribution in [2.75, 3.05) is 26.1 Å². The summed E-state index contributed by atoms with van der Waals surface area (Å²) < 4.78 is 10.1. The van der Waals surface area contributed by atoms with Crippen LogP contribution in [0.5, 0.6) is 11.8 Å². The fourth-order valence-electron chi connectivity index (χ4n) is 1.66. The molecule has 1 N–H and O–H groups in total. The quantitative estimate of drug-likeness (QED) is 0.861. The van der Waals surface area contributed by atoms with Gasteiger partial charge < -0.3 is 14.8 Å². The van der Waals surface area contributed by atoms with Crippen molar-refractivity contribution in [1.29, 1.82) is 0 Å². The number of nitrogens with one attached hydrogen (secondary N) is 1. The lowest BCUT2D eigenvalue weighted by Gasteiger charge is -2.07. The van der Waals surface area contributed by atoms with Crippen LogP contribution < -0.4 is 14.8 Å². The summed E-state index contributed by atoms with van der Waals surface area (Å²) in [4.78, 5) is 8.14. The fourth-order valence-corrected chi connectivity index (χ4v) is 1.66. The number of hydrogen-bond donors (Lipinski definition) is 1. The first-order valence-electron chi connectivity index (χ1n) is 6.05. The molecule has 0 aliphatic rings. The van der Waals surface area contributed by atoms with Crippen molar-refractivity contribution < 1.29 is 9.47 Å². The average Bonchev–Trinajstić information content (AvgIpc) is 2.48. The Morgan fingerprint density at radius 3 is 2.53 bits per heavy atom. The third-order valence-electron chi connectivity index (χ3n) is 2.69. The highest BCUT2D eigenvalue weighted by Crippen LogP contribution is 2.12. The number of aromatic nitrogens is 2. The Kier molecular flexibility index (Phi) is 4.55. The third kappa shape index (κ3) is 3.84. The van der Waals surface area contributed by atoms with Crippen molar-refractivity contribution >= 4 is 5.82 Å². The van der Waals surface area contributed by atoms with E-state index in [9.17, 15) is 0 Å². The van der Waals surface area contributed by atoms with Crippen LogP contribution in [0.3, 0.4) is 0 Å². The largest absolute Gasteiger partial charge is 0.497 e. The van der Waals surface area contributed by atoms with Gasteiger partial charge in [-0.3, -0.25) is 0 Å². The predicted octanol–water partition coefficient (Wildman–Crippen LogP) is 2.15. The zero-order valence-corrected chi connectivity index (χ0v) is 11.1. The maximum absolute atomic E-state index is 5.12. The highest BCUT2D eigenvalue weighted by Gasteiger charge is 1.99. The van der Waals surface area contributed by atoms with Gasteiger partial charge >= 0.3 is 6.01 Å². The number of ether oxygens (including phenoxy) is 2. The van der Waals surface area contributed by atoms with Crippen LogP contribution in [-0.2, 0) is 6.42 Å². The normalized spacial score (nSPS) is 10.0. The van der Waals surface area contributed by atoms with Crippen LogP contribution in [-0.4, -0.2) is 30.7 Å². The molecule has 0 radical (unpaired) electrons. The SMILES string of the molecule is COc1ccc(CCNc2ccnc(OC)n2)cc1. The van der Waals surface area contributed by atoms with Crippen LogP contribution in [0.15, 0.2) is 36.5 Å². The maximum Gasteiger partial charge on any atom is 0.318 e. The van der Waals surface area contributed by atoms with Crippen molar-refractivity contribution in [3.8, 4) is 11.8 Å². The molecule has 19 heavy (non-hydrogen) atoms. The van der Waals surface area contributed by atoms with Gasteiger partial charge in [-0.05, 0) is 30.2 Å². The van der Waals surface area contributed by atoms with Crippen molar-refractivity contribution in [3.63, 3.8) is 0 Å². The summed E-state index contributed by atoms with van der Waals surface area (Å²) in [6.07, 6.45) is 2.58. The minimum atomic E-state index is 0.370. The molecule has 0 spiro atoms. The summed E-state index contributed by atoms with van der Waals surface area (Å²) in [5.74, 6) is 1.64. The van der Waals surface area contributed by atoms with Crippen LogP contribution in [0.2, 0.25) is 0 Å². The van der Waals surface area contributed by atoms with E-state index in [-0.39, 0.29) is 0 Å². The molecular formula is C14H17N3O2. The topological polar surface area (TPSA) is 56.3 Å². The monoisotopic (exact) mass is 259 g/mol. The van der Waals surface area contributed by atoms with Gasteiger partial charge in [0.2, 0.25) is 0 Å². The summed E-state index contributed by atoms with van der Waals surface area (Å²) >= 11 is 0. The van der Waals surface area contributed by atoms with Crippen LogP contribution in [0, 0.1) is 0 Å². The second kappa shape index (κ2) is 6.58. The standard InChI is InChI=1S/C14H17N3O2/c1-18-12-5-3-11(4-6-12)7-9-15-13-8-10-16-14(17-13)19-2/h3-6,8,10H,7,9H2,1-2H3,(H,15,16,17). The molecule has 0 saturated heterocycles. The van der Waals surface area contributed by atoms with Gasteiger partial charge in [-0.25, -0.2) is 4.98 Å². The van der Waals surface area contributed by atoms with Gasteiger partial charge in [0.15, 0.2) is 0 Å². The minimum absolute atomic E-state index is 0.370. The molecule has 0 fully saturated rings. The van der Waals surface area contributed by atoms with Crippen molar-refractivity contribution in [3.05, 3.63) is 42.1 Å². The van der Waals surface area contributed by atoms with Gasteiger partial charge in [0.1, 0.15) is 11.6 Å². The maximum atomic E-state index is 5.12. The Bertz CT molecular complexity index is 514. The van der Waals surface area contributed by atoms with Gasteiger partial charge in [0.25, 0.3) is 0 Å². The molecule has 0 aliphatic carbocycles. The third-order valence-corrected chi connectivity index (χ3v) is 2.69. The zero-order chi connectivity index (χ0) is 13.5. The molecule has 0 unspecified atom stereocenters. The van der Waals surface area contributed by atoms with E-state index in [1.165, 1.54) is 5.56 Å². The molecule has 0 atom stereocenters. The average molecular weight is 259 g/mol. The molecule has 0 amide bonds. The molecule has 1 aromatic carbocycles. The van der Waals surface area contributed by atoms with Crippen LogP contribution in [0.1, 0.15) is 5.56 Å². The van der Waals surface area contributed by atoms with E-state index < -0.39 is 0 Å². The Labute approximate surface area is 112 Å². The molecule has 2 aromatic rings. The minimum Gasteiger partial charge on any atom is -0.497 e. The second-order valence-corrected chi connectivity index (χ2v) is 3.95. The highest BCUT2D eigenvalue weighted by molar-refractivity contribution is 5.34. The first-order chi connectivity index (χ1) is 9.31. The lowest BCUT2D eigenvalue weighted by atomic mass is 10.1. The first-order valence-corrected chi connectivity index (χ1v) is 6.05. The van der Waals surface area contributed by atoms with E-state index in [1.807, 2.05) is 18.2 Å². The molecule has 2 rings (SSSR count). The molecule has 5 nitrogen and oxygen atoms in total. The molecule has 1 aromatic heterocycles. The van der Waals surface area contributed by atoms with Crippen LogP contribution in [0.25, 0.3) is 0 Å². The van der Waals surface area contributed by atoms with E-state index in [2.05, 4.69) is 27.4 Å². The summed E-state index contributed by atoms with van der Waals surface area (Å²) in [5.41, 5.74) is 1.24. The molecule has 0 aliphatic heterocycles. The molecule has 5 heteroatoms.